The van der Waals surface area contributed by atoms with Crippen LogP contribution in [0.2, 0.25) is 0 Å². The zero-order chi connectivity index (χ0) is 22.4. The summed E-state index contributed by atoms with van der Waals surface area (Å²) in [7, 11) is 1.28. The fraction of sp³-hybridized carbons (Fsp3) is 0.375. The number of carbonyl (C=O) groups is 3. The topological polar surface area (TPSA) is 90.9 Å². The van der Waals surface area contributed by atoms with Crippen LogP contribution in [0.15, 0.2) is 60.7 Å². The van der Waals surface area contributed by atoms with E-state index in [9.17, 15) is 14.4 Å². The minimum Gasteiger partial charge on any atom is -0.468 e. The van der Waals surface area contributed by atoms with Crippen LogP contribution >= 0.6 is 0 Å². The van der Waals surface area contributed by atoms with Crippen molar-refractivity contribution in [3.63, 3.8) is 0 Å². The largest absolute Gasteiger partial charge is 0.468 e. The molecule has 1 saturated heterocycles. The van der Waals surface area contributed by atoms with E-state index in [1.807, 2.05) is 12.1 Å². The van der Waals surface area contributed by atoms with Crippen LogP contribution < -0.4 is 5.32 Å². The second-order valence-corrected chi connectivity index (χ2v) is 7.21. The Morgan fingerprint density at radius 1 is 0.839 bits per heavy atom. The minimum absolute atomic E-state index is 0.0753. The van der Waals surface area contributed by atoms with E-state index in [1.165, 1.54) is 7.11 Å². The first kappa shape index (κ1) is 22.5. The van der Waals surface area contributed by atoms with E-state index in [-0.39, 0.29) is 13.2 Å². The molecule has 0 unspecified atom stereocenters. The van der Waals surface area contributed by atoms with Crippen molar-refractivity contribution in [2.24, 2.45) is 5.41 Å². The SMILES string of the molecule is CCOC(=O)C1(C(=O)OCC)[C@@H](c2ccccc2)N[C@@H](C(=O)OC)[C@@H]1c1ccccc1. The highest BCUT2D eigenvalue weighted by Crippen LogP contribution is 2.55. The molecular formula is C24H27NO6. The highest BCUT2D eigenvalue weighted by Gasteiger charge is 2.69. The third-order valence-corrected chi connectivity index (χ3v) is 5.60. The van der Waals surface area contributed by atoms with Crippen molar-refractivity contribution in [1.29, 1.82) is 0 Å². The average molecular weight is 425 g/mol. The summed E-state index contributed by atoms with van der Waals surface area (Å²) in [6.45, 7) is 3.50. The number of benzene rings is 2. The van der Waals surface area contributed by atoms with E-state index in [0.29, 0.717) is 11.1 Å². The van der Waals surface area contributed by atoms with Gasteiger partial charge in [-0.05, 0) is 25.0 Å². The van der Waals surface area contributed by atoms with Gasteiger partial charge in [-0.1, -0.05) is 60.7 Å². The van der Waals surface area contributed by atoms with Crippen molar-refractivity contribution in [3.05, 3.63) is 71.8 Å². The normalized spacial score (nSPS) is 21.8. The molecule has 0 aromatic heterocycles. The molecule has 2 aromatic rings. The Kier molecular flexibility index (Phi) is 7.07. The summed E-state index contributed by atoms with van der Waals surface area (Å²) in [6.07, 6.45) is 0. The number of hydrogen-bond acceptors (Lipinski definition) is 7. The monoisotopic (exact) mass is 425 g/mol. The van der Waals surface area contributed by atoms with Gasteiger partial charge < -0.3 is 14.2 Å². The van der Waals surface area contributed by atoms with Gasteiger partial charge in [0, 0.05) is 5.92 Å². The maximum atomic E-state index is 13.6. The van der Waals surface area contributed by atoms with E-state index in [0.717, 1.165) is 0 Å². The highest BCUT2D eigenvalue weighted by atomic mass is 16.6. The van der Waals surface area contributed by atoms with Gasteiger partial charge in [-0.3, -0.25) is 19.7 Å². The number of hydrogen-bond donors (Lipinski definition) is 1. The van der Waals surface area contributed by atoms with Gasteiger partial charge >= 0.3 is 17.9 Å². The summed E-state index contributed by atoms with van der Waals surface area (Å²) >= 11 is 0. The quantitative estimate of drug-likeness (QED) is 0.414. The predicted octanol–water partition coefficient (Wildman–Crippen LogP) is 2.77. The molecule has 1 N–H and O–H groups in total. The molecule has 1 aliphatic rings. The molecule has 3 rings (SSSR count). The maximum absolute atomic E-state index is 13.6. The van der Waals surface area contributed by atoms with Crippen molar-refractivity contribution >= 4 is 17.9 Å². The van der Waals surface area contributed by atoms with Crippen LogP contribution in [0.25, 0.3) is 0 Å². The highest BCUT2D eigenvalue weighted by molar-refractivity contribution is 6.04. The Morgan fingerprint density at radius 2 is 1.32 bits per heavy atom. The van der Waals surface area contributed by atoms with Crippen LogP contribution in [0, 0.1) is 5.41 Å². The first-order chi connectivity index (χ1) is 15.0. The first-order valence-electron chi connectivity index (χ1n) is 10.3. The van der Waals surface area contributed by atoms with Gasteiger partial charge in [0.05, 0.1) is 26.4 Å². The molecule has 3 atom stereocenters. The Morgan fingerprint density at radius 3 is 1.77 bits per heavy atom. The molecule has 7 heteroatoms. The predicted molar refractivity (Wildman–Crippen MR) is 113 cm³/mol. The second-order valence-electron chi connectivity index (χ2n) is 7.21. The lowest BCUT2D eigenvalue weighted by atomic mass is 9.66. The van der Waals surface area contributed by atoms with Crippen LogP contribution in [0.4, 0.5) is 0 Å². The van der Waals surface area contributed by atoms with Crippen molar-refractivity contribution in [1.82, 2.24) is 5.32 Å². The van der Waals surface area contributed by atoms with E-state index in [4.69, 9.17) is 14.2 Å². The summed E-state index contributed by atoms with van der Waals surface area (Å²) in [6, 6.07) is 16.2. The van der Waals surface area contributed by atoms with E-state index < -0.39 is 41.3 Å². The molecule has 0 spiro atoms. The van der Waals surface area contributed by atoms with Crippen molar-refractivity contribution < 1.29 is 28.6 Å². The maximum Gasteiger partial charge on any atom is 0.326 e. The molecule has 0 radical (unpaired) electrons. The molecule has 0 saturated carbocycles. The molecule has 1 heterocycles. The fourth-order valence-electron chi connectivity index (χ4n) is 4.38. The number of rotatable bonds is 7. The Hall–Kier alpha value is -3.19. The van der Waals surface area contributed by atoms with Crippen LogP contribution in [-0.4, -0.2) is 44.3 Å². The van der Waals surface area contributed by atoms with Gasteiger partial charge in [-0.25, -0.2) is 0 Å². The fourth-order valence-corrected chi connectivity index (χ4v) is 4.38. The van der Waals surface area contributed by atoms with Crippen LogP contribution in [0.5, 0.6) is 0 Å². The lowest BCUT2D eigenvalue weighted by Gasteiger charge is -2.35. The van der Waals surface area contributed by atoms with Crippen molar-refractivity contribution in [3.8, 4) is 0 Å². The minimum atomic E-state index is -1.83. The number of carbonyl (C=O) groups excluding carboxylic acids is 3. The van der Waals surface area contributed by atoms with E-state index in [2.05, 4.69) is 5.32 Å². The Bertz CT molecular complexity index is 896. The standard InChI is InChI=1S/C24H27NO6/c1-4-30-22(27)24(23(28)31-5-2)18(16-12-8-6-9-13-16)19(21(26)29-3)25-20(24)17-14-10-7-11-15-17/h6-15,18-20,25H,4-5H2,1-3H3/t18-,19+,20+/m0/s1. The Balaban J connectivity index is 2.33. The van der Waals surface area contributed by atoms with Gasteiger partial charge in [-0.2, -0.15) is 0 Å². The van der Waals surface area contributed by atoms with E-state index in [1.54, 1.807) is 62.4 Å². The molecule has 1 aliphatic heterocycles. The average Bonchev–Trinajstić information content (AvgIpc) is 3.17. The number of esters is 3. The van der Waals surface area contributed by atoms with Crippen LogP contribution in [0.1, 0.15) is 36.9 Å². The molecule has 0 aliphatic carbocycles. The third kappa shape index (κ3) is 3.93. The number of nitrogens with one attached hydrogen (secondary N) is 1. The Labute approximate surface area is 181 Å². The molecule has 2 aromatic carbocycles. The summed E-state index contributed by atoms with van der Waals surface area (Å²) in [5.74, 6) is -2.96. The van der Waals surface area contributed by atoms with Crippen molar-refractivity contribution in [2.45, 2.75) is 31.8 Å². The summed E-state index contributed by atoms with van der Waals surface area (Å²) in [4.78, 5) is 40.0. The summed E-state index contributed by atoms with van der Waals surface area (Å²) in [5, 5.41) is 3.20. The lowest BCUT2D eigenvalue weighted by Crippen LogP contribution is -2.49. The zero-order valence-electron chi connectivity index (χ0n) is 17.9. The number of methoxy groups -OCH3 is 1. The third-order valence-electron chi connectivity index (χ3n) is 5.60. The molecule has 31 heavy (non-hydrogen) atoms. The molecule has 1 fully saturated rings. The molecular weight excluding hydrogens is 398 g/mol. The number of ether oxygens (including phenoxy) is 3. The van der Waals surface area contributed by atoms with Crippen LogP contribution in [0.3, 0.4) is 0 Å². The smallest absolute Gasteiger partial charge is 0.326 e. The zero-order valence-corrected chi connectivity index (χ0v) is 17.9. The van der Waals surface area contributed by atoms with Gasteiger partial charge in [0.2, 0.25) is 0 Å². The molecule has 7 nitrogen and oxygen atoms in total. The van der Waals surface area contributed by atoms with Gasteiger partial charge in [0.15, 0.2) is 5.41 Å². The first-order valence-corrected chi connectivity index (χ1v) is 10.3. The summed E-state index contributed by atoms with van der Waals surface area (Å²) < 4.78 is 15.9. The van der Waals surface area contributed by atoms with Crippen molar-refractivity contribution in [2.75, 3.05) is 20.3 Å². The van der Waals surface area contributed by atoms with Crippen LogP contribution in [-0.2, 0) is 28.6 Å². The lowest BCUT2D eigenvalue weighted by molar-refractivity contribution is -0.174. The van der Waals surface area contributed by atoms with Gasteiger partial charge in [-0.15, -0.1) is 0 Å². The van der Waals surface area contributed by atoms with Gasteiger partial charge in [0.25, 0.3) is 0 Å². The molecule has 0 amide bonds. The van der Waals surface area contributed by atoms with Gasteiger partial charge in [0.1, 0.15) is 6.04 Å². The molecule has 0 bridgehead atoms. The second kappa shape index (κ2) is 9.75. The summed E-state index contributed by atoms with van der Waals surface area (Å²) in [5.41, 5.74) is -0.533. The molecule has 164 valence electrons. The van der Waals surface area contributed by atoms with E-state index >= 15 is 0 Å².